The molecule has 7 heteroatoms. The van der Waals surface area contributed by atoms with Crippen LogP contribution >= 0.6 is 0 Å². The normalized spacial score (nSPS) is 38.1. The Morgan fingerprint density at radius 2 is 1.88 bits per heavy atom. The van der Waals surface area contributed by atoms with Gasteiger partial charge in [-0.25, -0.2) is 0 Å². The van der Waals surface area contributed by atoms with Crippen molar-refractivity contribution in [3.63, 3.8) is 0 Å². The number of H-pyrrole nitrogens is 1. The smallest absolute Gasteiger partial charge is 0.235 e. The SMILES string of the molecule is CCC1C2C(C(C)c3c[nH]c4ccccc34)NC(=O)C23C(=O)CCC(=O)C(=O)C(C)=CC(C)CC=CC3C2OC12C. The van der Waals surface area contributed by atoms with Crippen LogP contribution in [0.2, 0.25) is 0 Å². The first-order valence-corrected chi connectivity index (χ1v) is 15.1. The van der Waals surface area contributed by atoms with Crippen LogP contribution in [-0.4, -0.2) is 46.0 Å². The van der Waals surface area contributed by atoms with E-state index < -0.39 is 28.5 Å². The molecule has 0 radical (unpaired) electrons. The fraction of sp³-hybridized carbons (Fsp3) is 0.529. The van der Waals surface area contributed by atoms with Crippen LogP contribution in [0.4, 0.5) is 0 Å². The number of Topliss-reactive ketones (excluding diaryl/α,β-unsaturated/α-hetero) is 3. The number of nitrogens with one attached hydrogen (secondary N) is 2. The third-order valence-corrected chi connectivity index (χ3v) is 10.6. The lowest BCUT2D eigenvalue weighted by atomic mass is 9.50. The molecule has 0 bridgehead atoms. The third kappa shape index (κ3) is 4.03. The second kappa shape index (κ2) is 9.90. The number of aromatic amines is 1. The van der Waals surface area contributed by atoms with Gasteiger partial charge in [-0.15, -0.1) is 0 Å². The minimum absolute atomic E-state index is 0.0248. The Balaban J connectivity index is 1.48. The van der Waals surface area contributed by atoms with Gasteiger partial charge in [0.15, 0.2) is 0 Å². The number of benzene rings is 1. The summed E-state index contributed by atoms with van der Waals surface area (Å²) in [5, 5.41) is 4.43. The van der Waals surface area contributed by atoms with Gasteiger partial charge in [0.25, 0.3) is 0 Å². The van der Waals surface area contributed by atoms with Gasteiger partial charge in [0, 0.05) is 53.7 Å². The van der Waals surface area contributed by atoms with E-state index in [1.165, 1.54) is 0 Å². The number of ether oxygens (including phenoxy) is 1. The molecule has 4 aliphatic rings. The molecule has 1 saturated carbocycles. The van der Waals surface area contributed by atoms with E-state index in [0.717, 1.165) is 22.9 Å². The maximum atomic E-state index is 14.5. The molecule has 3 fully saturated rings. The van der Waals surface area contributed by atoms with E-state index in [9.17, 15) is 19.2 Å². The lowest BCUT2D eigenvalue weighted by molar-refractivity contribution is -0.149. The molecule has 1 amide bonds. The Hall–Kier alpha value is -3.32. The molecule has 2 aliphatic carbocycles. The number of ketones is 3. The highest BCUT2D eigenvalue weighted by molar-refractivity contribution is 6.43. The number of allylic oxidation sites excluding steroid dienone is 3. The topological polar surface area (TPSA) is 109 Å². The van der Waals surface area contributed by atoms with Crippen LogP contribution in [0.1, 0.15) is 71.8 Å². The van der Waals surface area contributed by atoms with Crippen LogP contribution in [0.5, 0.6) is 0 Å². The van der Waals surface area contributed by atoms with E-state index in [4.69, 9.17) is 4.74 Å². The highest BCUT2D eigenvalue weighted by Gasteiger charge is 2.79. The molecular weight excluding hydrogens is 516 g/mol. The van der Waals surface area contributed by atoms with Crippen LogP contribution in [0.3, 0.4) is 0 Å². The maximum Gasteiger partial charge on any atom is 0.235 e. The Morgan fingerprint density at radius 1 is 1.12 bits per heavy atom. The first kappa shape index (κ1) is 27.8. The molecule has 1 aromatic heterocycles. The first-order valence-electron chi connectivity index (χ1n) is 15.1. The quantitative estimate of drug-likeness (QED) is 0.233. The molecule has 9 atom stereocenters. The number of hydrogen-bond donors (Lipinski definition) is 2. The van der Waals surface area contributed by atoms with Crippen LogP contribution < -0.4 is 5.32 Å². The standard InChI is InChI=1S/C34H40N2O5/c1-6-23-28-29(20(4)22-17-35-25-13-8-7-11-21(22)25)36-32(40)34(28)24(31-33(23,5)41-31)12-9-10-18(2)16-19(3)30(39)26(37)14-15-27(34)38/h7-9,11-13,16-18,20,23-24,28-29,31,35H,6,10,14-15H2,1-5H3,(H,36,40). The summed E-state index contributed by atoms with van der Waals surface area (Å²) in [6.07, 6.45) is 8.70. The summed E-state index contributed by atoms with van der Waals surface area (Å²) in [6, 6.07) is 7.82. The lowest BCUT2D eigenvalue weighted by Gasteiger charge is -2.47. The summed E-state index contributed by atoms with van der Waals surface area (Å²) in [5.41, 5.74) is 0.728. The molecule has 6 rings (SSSR count). The van der Waals surface area contributed by atoms with Crippen molar-refractivity contribution in [3.8, 4) is 0 Å². The largest absolute Gasteiger partial charge is 0.365 e. The van der Waals surface area contributed by atoms with Crippen molar-refractivity contribution in [1.82, 2.24) is 10.3 Å². The number of hydrogen-bond acceptors (Lipinski definition) is 5. The number of fused-ring (bicyclic) bond motifs is 3. The van der Waals surface area contributed by atoms with Crippen LogP contribution in [0.25, 0.3) is 10.9 Å². The van der Waals surface area contributed by atoms with Gasteiger partial charge >= 0.3 is 0 Å². The summed E-state index contributed by atoms with van der Waals surface area (Å²) in [6.45, 7) is 10.0. The summed E-state index contributed by atoms with van der Waals surface area (Å²) < 4.78 is 6.46. The van der Waals surface area contributed by atoms with Gasteiger partial charge in [-0.1, -0.05) is 63.6 Å². The Kier molecular flexibility index (Phi) is 6.72. The number of aromatic nitrogens is 1. The number of epoxide rings is 1. The molecule has 7 nitrogen and oxygen atoms in total. The molecule has 41 heavy (non-hydrogen) atoms. The van der Waals surface area contributed by atoms with Gasteiger partial charge in [0.2, 0.25) is 17.5 Å². The average Bonchev–Trinajstić information content (AvgIpc) is 3.31. The highest BCUT2D eigenvalue weighted by Crippen LogP contribution is 2.67. The number of para-hydroxylation sites is 1. The fourth-order valence-electron chi connectivity index (χ4n) is 8.59. The van der Waals surface area contributed by atoms with Crippen molar-refractivity contribution in [2.24, 2.45) is 29.1 Å². The summed E-state index contributed by atoms with van der Waals surface area (Å²) >= 11 is 0. The number of carbonyl (C=O) groups excluding carboxylic acids is 4. The molecule has 1 spiro atoms. The van der Waals surface area contributed by atoms with Gasteiger partial charge in [0.05, 0.1) is 11.7 Å². The van der Waals surface area contributed by atoms with E-state index >= 15 is 0 Å². The molecule has 3 heterocycles. The van der Waals surface area contributed by atoms with Crippen molar-refractivity contribution in [1.29, 1.82) is 0 Å². The second-order valence-corrected chi connectivity index (χ2v) is 12.9. The number of amides is 1. The van der Waals surface area contributed by atoms with Crippen LogP contribution in [-0.2, 0) is 23.9 Å². The Morgan fingerprint density at radius 3 is 2.63 bits per heavy atom. The molecule has 2 N–H and O–H groups in total. The van der Waals surface area contributed by atoms with Crippen LogP contribution in [0, 0.1) is 29.1 Å². The zero-order valence-corrected chi connectivity index (χ0v) is 24.5. The zero-order chi connectivity index (χ0) is 29.3. The number of rotatable bonds is 3. The average molecular weight is 557 g/mol. The lowest BCUT2D eigenvalue weighted by Crippen LogP contribution is -2.59. The van der Waals surface area contributed by atoms with E-state index in [-0.39, 0.29) is 60.3 Å². The van der Waals surface area contributed by atoms with Crippen molar-refractivity contribution < 1.29 is 23.9 Å². The second-order valence-electron chi connectivity index (χ2n) is 12.9. The van der Waals surface area contributed by atoms with Gasteiger partial charge in [-0.05, 0) is 49.3 Å². The first-order chi connectivity index (χ1) is 19.5. The van der Waals surface area contributed by atoms with Gasteiger partial charge in [-0.3, -0.25) is 19.2 Å². The monoisotopic (exact) mass is 556 g/mol. The van der Waals surface area contributed by atoms with Crippen molar-refractivity contribution in [2.45, 2.75) is 84.0 Å². The van der Waals surface area contributed by atoms with Gasteiger partial charge < -0.3 is 15.0 Å². The molecule has 1 aromatic carbocycles. The van der Waals surface area contributed by atoms with Crippen LogP contribution in [0.15, 0.2) is 54.3 Å². The molecular formula is C34H40N2O5. The summed E-state index contributed by atoms with van der Waals surface area (Å²) in [4.78, 5) is 58.0. The third-order valence-electron chi connectivity index (χ3n) is 10.6. The fourth-order valence-corrected chi connectivity index (χ4v) is 8.59. The van der Waals surface area contributed by atoms with Crippen molar-refractivity contribution in [3.05, 3.63) is 59.8 Å². The van der Waals surface area contributed by atoms with E-state index in [1.54, 1.807) is 6.92 Å². The molecule has 2 saturated heterocycles. The van der Waals surface area contributed by atoms with E-state index in [1.807, 2.05) is 49.5 Å². The summed E-state index contributed by atoms with van der Waals surface area (Å²) in [5.74, 6) is -2.52. The molecule has 2 aromatic rings. The Labute approximate surface area is 241 Å². The molecule has 9 unspecified atom stereocenters. The van der Waals surface area contributed by atoms with E-state index in [0.29, 0.717) is 12.0 Å². The zero-order valence-electron chi connectivity index (χ0n) is 24.5. The van der Waals surface area contributed by atoms with Crippen molar-refractivity contribution >= 4 is 34.2 Å². The predicted octanol–water partition coefficient (Wildman–Crippen LogP) is 5.22. The Bertz CT molecular complexity index is 1500. The van der Waals surface area contributed by atoms with Gasteiger partial charge in [0.1, 0.15) is 11.2 Å². The predicted molar refractivity (Wildman–Crippen MR) is 156 cm³/mol. The maximum absolute atomic E-state index is 14.5. The minimum atomic E-state index is -1.37. The van der Waals surface area contributed by atoms with Gasteiger partial charge in [-0.2, -0.15) is 0 Å². The van der Waals surface area contributed by atoms with E-state index in [2.05, 4.69) is 37.1 Å². The molecule has 216 valence electrons. The minimum Gasteiger partial charge on any atom is -0.365 e. The molecule has 2 aliphatic heterocycles. The summed E-state index contributed by atoms with van der Waals surface area (Å²) in [7, 11) is 0. The highest BCUT2D eigenvalue weighted by atomic mass is 16.6. The number of carbonyl (C=O) groups is 4. The van der Waals surface area contributed by atoms with Crippen molar-refractivity contribution in [2.75, 3.05) is 0 Å².